The lowest BCUT2D eigenvalue weighted by Crippen LogP contribution is -2.28. The Hall–Kier alpha value is -0.410. The Morgan fingerprint density at radius 3 is 2.77 bits per heavy atom. The van der Waals surface area contributed by atoms with Crippen LogP contribution in [0.2, 0.25) is 0 Å². The van der Waals surface area contributed by atoms with Crippen LogP contribution in [0.5, 0.6) is 0 Å². The lowest BCUT2D eigenvalue weighted by Gasteiger charge is -2.09. The first-order valence-corrected chi connectivity index (χ1v) is 4.94. The second-order valence-corrected chi connectivity index (χ2v) is 3.33. The maximum Gasteiger partial charge on any atom is 0.149 e. The van der Waals surface area contributed by atoms with Gasteiger partial charge < -0.3 is 10.1 Å². The maximum atomic E-state index is 11.4. The molecule has 0 bridgehead atoms. The molecule has 0 aromatic rings. The molecule has 0 aliphatic rings. The Kier molecular flexibility index (Phi) is 7.94. The zero-order valence-electron chi connectivity index (χ0n) is 8.93. The van der Waals surface area contributed by atoms with Crippen LogP contribution >= 0.6 is 0 Å². The Morgan fingerprint density at radius 2 is 2.23 bits per heavy atom. The molecule has 0 saturated heterocycles. The molecule has 0 aliphatic heterocycles. The van der Waals surface area contributed by atoms with E-state index in [1.54, 1.807) is 7.11 Å². The quantitative estimate of drug-likeness (QED) is 0.581. The number of ketones is 1. The van der Waals surface area contributed by atoms with Gasteiger partial charge in [-0.05, 0) is 19.4 Å². The Bertz CT molecular complexity index is 137. The Morgan fingerprint density at radius 1 is 1.54 bits per heavy atom. The number of carbonyl (C=O) groups is 1. The van der Waals surface area contributed by atoms with Gasteiger partial charge in [0.25, 0.3) is 0 Å². The molecule has 13 heavy (non-hydrogen) atoms. The van der Waals surface area contributed by atoms with Gasteiger partial charge in [-0.2, -0.15) is 0 Å². The van der Waals surface area contributed by atoms with Gasteiger partial charge in [0.15, 0.2) is 0 Å². The molecule has 0 rings (SSSR count). The van der Waals surface area contributed by atoms with E-state index in [9.17, 15) is 4.79 Å². The second kappa shape index (κ2) is 8.20. The van der Waals surface area contributed by atoms with E-state index in [-0.39, 0.29) is 11.7 Å². The molecule has 0 radical (unpaired) electrons. The highest BCUT2D eigenvalue weighted by molar-refractivity contribution is 5.82. The van der Waals surface area contributed by atoms with Crippen molar-refractivity contribution in [3.8, 4) is 0 Å². The molecule has 3 nitrogen and oxygen atoms in total. The average molecular weight is 187 g/mol. The van der Waals surface area contributed by atoms with Gasteiger partial charge in [0.1, 0.15) is 5.78 Å². The predicted molar refractivity (Wildman–Crippen MR) is 53.8 cm³/mol. The van der Waals surface area contributed by atoms with E-state index in [4.69, 9.17) is 4.74 Å². The summed E-state index contributed by atoms with van der Waals surface area (Å²) in [4.78, 5) is 11.4. The molecule has 0 fully saturated rings. The molecule has 1 unspecified atom stereocenters. The smallest absolute Gasteiger partial charge is 0.149 e. The molecule has 3 heteroatoms. The summed E-state index contributed by atoms with van der Waals surface area (Å²) < 4.78 is 4.92. The van der Waals surface area contributed by atoms with Crippen LogP contribution in [0.4, 0.5) is 0 Å². The van der Waals surface area contributed by atoms with E-state index in [0.717, 1.165) is 19.4 Å². The van der Waals surface area contributed by atoms with Gasteiger partial charge in [-0.15, -0.1) is 0 Å². The van der Waals surface area contributed by atoms with Crippen LogP contribution in [0.3, 0.4) is 0 Å². The lowest BCUT2D eigenvalue weighted by atomic mass is 10.0. The van der Waals surface area contributed by atoms with E-state index >= 15 is 0 Å². The largest absolute Gasteiger partial charge is 0.385 e. The molecule has 0 amide bonds. The van der Waals surface area contributed by atoms with Crippen LogP contribution in [-0.4, -0.2) is 32.6 Å². The van der Waals surface area contributed by atoms with Crippen molar-refractivity contribution in [2.45, 2.75) is 26.7 Å². The van der Waals surface area contributed by atoms with E-state index < -0.39 is 0 Å². The minimum absolute atomic E-state index is 0.115. The molecule has 0 saturated carbocycles. The van der Waals surface area contributed by atoms with Gasteiger partial charge in [0.2, 0.25) is 0 Å². The molecule has 78 valence electrons. The van der Waals surface area contributed by atoms with Crippen LogP contribution < -0.4 is 5.32 Å². The number of carbonyl (C=O) groups excluding carboxylic acids is 1. The number of methoxy groups -OCH3 is 1. The number of Topliss-reactive ketones (excluding diaryl/α,β-unsaturated/α-hetero) is 1. The first kappa shape index (κ1) is 12.6. The topological polar surface area (TPSA) is 38.3 Å². The third kappa shape index (κ3) is 6.72. The summed E-state index contributed by atoms with van der Waals surface area (Å²) in [6.07, 6.45) is 1.89. The summed E-state index contributed by atoms with van der Waals surface area (Å²) >= 11 is 0. The van der Waals surface area contributed by atoms with Gasteiger partial charge in [0.05, 0.1) is 6.54 Å². The van der Waals surface area contributed by atoms with E-state index in [0.29, 0.717) is 13.2 Å². The van der Waals surface area contributed by atoms with Crippen molar-refractivity contribution < 1.29 is 9.53 Å². The SMILES string of the molecule is CCCNCC(=O)C(C)CCOC. The summed E-state index contributed by atoms with van der Waals surface area (Å²) in [6.45, 7) is 6.13. The van der Waals surface area contributed by atoms with Crippen molar-refractivity contribution in [3.05, 3.63) is 0 Å². The second-order valence-electron chi connectivity index (χ2n) is 3.33. The number of nitrogens with one attached hydrogen (secondary N) is 1. The Labute approximate surface area is 80.8 Å². The van der Waals surface area contributed by atoms with Crippen molar-refractivity contribution in [1.29, 1.82) is 0 Å². The predicted octanol–water partition coefficient (Wildman–Crippen LogP) is 1.23. The van der Waals surface area contributed by atoms with Gasteiger partial charge in [-0.25, -0.2) is 0 Å². The molecule has 0 spiro atoms. The van der Waals surface area contributed by atoms with Gasteiger partial charge in [-0.3, -0.25) is 4.79 Å². The highest BCUT2D eigenvalue weighted by Gasteiger charge is 2.11. The monoisotopic (exact) mass is 187 g/mol. The fourth-order valence-electron chi connectivity index (χ4n) is 1.02. The molecule has 1 atom stereocenters. The summed E-state index contributed by atoms with van der Waals surface area (Å²) in [6, 6.07) is 0. The van der Waals surface area contributed by atoms with E-state index in [1.807, 2.05) is 6.92 Å². The summed E-state index contributed by atoms with van der Waals surface area (Å²) in [7, 11) is 1.66. The lowest BCUT2D eigenvalue weighted by molar-refractivity contribution is -0.122. The van der Waals surface area contributed by atoms with Crippen LogP contribution in [-0.2, 0) is 9.53 Å². The molecular weight excluding hydrogens is 166 g/mol. The van der Waals surface area contributed by atoms with Crippen molar-refractivity contribution in [2.75, 3.05) is 26.8 Å². The van der Waals surface area contributed by atoms with E-state index in [1.165, 1.54) is 0 Å². The number of ether oxygens (including phenoxy) is 1. The summed E-state index contributed by atoms with van der Waals surface area (Å²) in [5.74, 6) is 0.398. The highest BCUT2D eigenvalue weighted by Crippen LogP contribution is 2.02. The first-order valence-electron chi connectivity index (χ1n) is 4.94. The zero-order valence-corrected chi connectivity index (χ0v) is 8.93. The molecule has 0 aromatic heterocycles. The van der Waals surface area contributed by atoms with Gasteiger partial charge in [0, 0.05) is 19.6 Å². The third-order valence-corrected chi connectivity index (χ3v) is 2.03. The normalized spacial score (nSPS) is 12.8. The average Bonchev–Trinajstić information content (AvgIpc) is 2.14. The summed E-state index contributed by atoms with van der Waals surface area (Å²) in [5.41, 5.74) is 0. The molecule has 0 aromatic carbocycles. The summed E-state index contributed by atoms with van der Waals surface area (Å²) in [5, 5.41) is 3.10. The van der Waals surface area contributed by atoms with Crippen molar-refractivity contribution in [2.24, 2.45) is 5.92 Å². The number of rotatable bonds is 8. The minimum atomic E-state index is 0.115. The highest BCUT2D eigenvalue weighted by atomic mass is 16.5. The van der Waals surface area contributed by atoms with Crippen LogP contribution in [0.1, 0.15) is 26.7 Å². The van der Waals surface area contributed by atoms with Crippen molar-refractivity contribution >= 4 is 5.78 Å². The number of hydrogen-bond donors (Lipinski definition) is 1. The van der Waals surface area contributed by atoms with Crippen molar-refractivity contribution in [1.82, 2.24) is 5.32 Å². The van der Waals surface area contributed by atoms with Crippen LogP contribution in [0.15, 0.2) is 0 Å². The third-order valence-electron chi connectivity index (χ3n) is 2.03. The number of hydrogen-bond acceptors (Lipinski definition) is 3. The Balaban J connectivity index is 3.45. The standard InChI is InChI=1S/C10H21NO2/c1-4-6-11-8-10(12)9(2)5-7-13-3/h9,11H,4-8H2,1-3H3. The minimum Gasteiger partial charge on any atom is -0.385 e. The fraction of sp³-hybridized carbons (Fsp3) is 0.900. The zero-order chi connectivity index (χ0) is 10.1. The first-order chi connectivity index (χ1) is 6.22. The van der Waals surface area contributed by atoms with Crippen molar-refractivity contribution in [3.63, 3.8) is 0 Å². The van der Waals surface area contributed by atoms with Gasteiger partial charge in [-0.1, -0.05) is 13.8 Å². The molecular formula is C10H21NO2. The fourth-order valence-corrected chi connectivity index (χ4v) is 1.02. The maximum absolute atomic E-state index is 11.4. The van der Waals surface area contributed by atoms with Crippen LogP contribution in [0, 0.1) is 5.92 Å². The van der Waals surface area contributed by atoms with Gasteiger partial charge >= 0.3 is 0 Å². The molecule has 1 N–H and O–H groups in total. The van der Waals surface area contributed by atoms with E-state index in [2.05, 4.69) is 12.2 Å². The van der Waals surface area contributed by atoms with Crippen LogP contribution in [0.25, 0.3) is 0 Å². The molecule has 0 aliphatic carbocycles. The molecule has 0 heterocycles.